The van der Waals surface area contributed by atoms with Gasteiger partial charge >= 0.3 is 0 Å². The molecule has 1 atom stereocenters. The predicted octanol–water partition coefficient (Wildman–Crippen LogP) is 2.27. The number of rotatable bonds is 3. The highest BCUT2D eigenvalue weighted by Gasteiger charge is 2.16. The van der Waals surface area contributed by atoms with Gasteiger partial charge in [0, 0.05) is 30.9 Å². The van der Waals surface area contributed by atoms with Crippen molar-refractivity contribution in [3.05, 3.63) is 24.3 Å². The van der Waals surface area contributed by atoms with E-state index >= 15 is 0 Å². The van der Waals surface area contributed by atoms with Crippen LogP contribution in [0.1, 0.15) is 19.8 Å². The summed E-state index contributed by atoms with van der Waals surface area (Å²) in [6, 6.07) is 8.95. The average Bonchev–Trinajstić information content (AvgIpc) is 2.64. The fourth-order valence-corrected chi connectivity index (χ4v) is 2.31. The van der Waals surface area contributed by atoms with Crippen LogP contribution in [0.3, 0.4) is 0 Å². The summed E-state index contributed by atoms with van der Waals surface area (Å²) in [6.07, 6.45) is 2.38. The van der Waals surface area contributed by atoms with Crippen LogP contribution in [0, 0.1) is 0 Å². The molecule has 17 heavy (non-hydrogen) atoms. The second kappa shape index (κ2) is 5.92. The monoisotopic (exact) mass is 234 g/mol. The SMILES string of the molecule is CCC1CN(c2cccc(OC)c2)CCCN1. The molecule has 0 saturated carbocycles. The number of hydrogen-bond acceptors (Lipinski definition) is 3. The lowest BCUT2D eigenvalue weighted by atomic mass is 10.2. The predicted molar refractivity (Wildman–Crippen MR) is 71.9 cm³/mol. The van der Waals surface area contributed by atoms with Crippen LogP contribution >= 0.6 is 0 Å². The Kier molecular flexibility index (Phi) is 4.26. The molecule has 0 aliphatic carbocycles. The van der Waals surface area contributed by atoms with Crippen molar-refractivity contribution < 1.29 is 4.74 Å². The molecule has 2 rings (SSSR count). The lowest BCUT2D eigenvalue weighted by Crippen LogP contribution is -2.37. The highest BCUT2D eigenvalue weighted by atomic mass is 16.5. The number of methoxy groups -OCH3 is 1. The third kappa shape index (κ3) is 3.13. The number of nitrogens with one attached hydrogen (secondary N) is 1. The summed E-state index contributed by atoms with van der Waals surface area (Å²) in [5.41, 5.74) is 1.27. The molecule has 0 spiro atoms. The van der Waals surface area contributed by atoms with Gasteiger partial charge in [-0.25, -0.2) is 0 Å². The lowest BCUT2D eigenvalue weighted by Gasteiger charge is -2.26. The summed E-state index contributed by atoms with van der Waals surface area (Å²) in [6.45, 7) is 5.58. The molecule has 3 heteroatoms. The number of nitrogens with zero attached hydrogens (tertiary/aromatic N) is 1. The van der Waals surface area contributed by atoms with E-state index in [1.165, 1.54) is 18.5 Å². The van der Waals surface area contributed by atoms with Gasteiger partial charge in [0.1, 0.15) is 5.75 Å². The molecule has 1 aliphatic rings. The van der Waals surface area contributed by atoms with Crippen LogP contribution in [-0.4, -0.2) is 32.8 Å². The molecule has 1 unspecified atom stereocenters. The molecule has 1 heterocycles. The first kappa shape index (κ1) is 12.2. The molecule has 1 fully saturated rings. The summed E-state index contributed by atoms with van der Waals surface area (Å²) in [5.74, 6) is 0.938. The molecule has 1 aliphatic heterocycles. The van der Waals surface area contributed by atoms with Gasteiger partial charge in [0.05, 0.1) is 7.11 Å². The van der Waals surface area contributed by atoms with Gasteiger partial charge in [-0.3, -0.25) is 0 Å². The number of hydrogen-bond donors (Lipinski definition) is 1. The smallest absolute Gasteiger partial charge is 0.120 e. The topological polar surface area (TPSA) is 24.5 Å². The van der Waals surface area contributed by atoms with Crippen molar-refractivity contribution in [2.75, 3.05) is 31.6 Å². The van der Waals surface area contributed by atoms with E-state index in [0.717, 1.165) is 25.4 Å². The van der Waals surface area contributed by atoms with Crippen molar-refractivity contribution in [3.8, 4) is 5.75 Å². The van der Waals surface area contributed by atoms with E-state index in [0.29, 0.717) is 6.04 Å². The van der Waals surface area contributed by atoms with E-state index in [1.807, 2.05) is 6.07 Å². The molecular formula is C14H22N2O. The highest BCUT2D eigenvalue weighted by Crippen LogP contribution is 2.22. The number of ether oxygens (including phenoxy) is 1. The Bertz CT molecular complexity index is 354. The lowest BCUT2D eigenvalue weighted by molar-refractivity contribution is 0.414. The molecule has 3 nitrogen and oxygen atoms in total. The Balaban J connectivity index is 2.13. The van der Waals surface area contributed by atoms with E-state index in [2.05, 4.69) is 35.3 Å². The van der Waals surface area contributed by atoms with E-state index in [1.54, 1.807) is 7.11 Å². The Morgan fingerprint density at radius 1 is 1.47 bits per heavy atom. The van der Waals surface area contributed by atoms with Crippen molar-refractivity contribution >= 4 is 5.69 Å². The van der Waals surface area contributed by atoms with Gasteiger partial charge in [-0.05, 0) is 31.5 Å². The molecule has 94 valence electrons. The van der Waals surface area contributed by atoms with Crippen molar-refractivity contribution in [2.45, 2.75) is 25.8 Å². The second-order valence-electron chi connectivity index (χ2n) is 4.56. The summed E-state index contributed by atoms with van der Waals surface area (Å²) >= 11 is 0. The minimum atomic E-state index is 0.601. The molecule has 0 bridgehead atoms. The third-order valence-electron chi connectivity index (χ3n) is 3.39. The normalized spacial score (nSPS) is 21.1. The Labute approximate surface area is 104 Å². The van der Waals surface area contributed by atoms with Gasteiger partial charge < -0.3 is 15.0 Å². The van der Waals surface area contributed by atoms with Gasteiger partial charge in [-0.2, -0.15) is 0 Å². The maximum absolute atomic E-state index is 5.29. The summed E-state index contributed by atoms with van der Waals surface area (Å²) in [5, 5.41) is 3.59. The highest BCUT2D eigenvalue weighted by molar-refractivity contribution is 5.51. The quantitative estimate of drug-likeness (QED) is 0.868. The molecule has 1 saturated heterocycles. The molecule has 1 aromatic rings. The van der Waals surface area contributed by atoms with Crippen LogP contribution in [-0.2, 0) is 0 Å². The third-order valence-corrected chi connectivity index (χ3v) is 3.39. The fourth-order valence-electron chi connectivity index (χ4n) is 2.31. The minimum Gasteiger partial charge on any atom is -0.497 e. The second-order valence-corrected chi connectivity index (χ2v) is 4.56. The van der Waals surface area contributed by atoms with Gasteiger partial charge in [-0.15, -0.1) is 0 Å². The van der Waals surface area contributed by atoms with Crippen LogP contribution in [0.4, 0.5) is 5.69 Å². The zero-order valence-electron chi connectivity index (χ0n) is 10.8. The van der Waals surface area contributed by atoms with E-state index < -0.39 is 0 Å². The van der Waals surface area contributed by atoms with Gasteiger partial charge in [0.15, 0.2) is 0 Å². The first-order valence-corrected chi connectivity index (χ1v) is 6.46. The average molecular weight is 234 g/mol. The number of benzene rings is 1. The van der Waals surface area contributed by atoms with Crippen LogP contribution in [0.25, 0.3) is 0 Å². The zero-order valence-corrected chi connectivity index (χ0v) is 10.8. The van der Waals surface area contributed by atoms with Crippen LogP contribution in [0.2, 0.25) is 0 Å². The van der Waals surface area contributed by atoms with Gasteiger partial charge in [0.25, 0.3) is 0 Å². The standard InChI is InChI=1S/C14H22N2O/c1-3-12-11-16(9-5-8-15-12)13-6-4-7-14(10-13)17-2/h4,6-7,10,12,15H,3,5,8-9,11H2,1-2H3. The molecule has 0 amide bonds. The van der Waals surface area contributed by atoms with Crippen molar-refractivity contribution in [3.63, 3.8) is 0 Å². The van der Waals surface area contributed by atoms with E-state index in [9.17, 15) is 0 Å². The van der Waals surface area contributed by atoms with Crippen molar-refractivity contribution in [1.82, 2.24) is 5.32 Å². The van der Waals surface area contributed by atoms with Crippen LogP contribution in [0.5, 0.6) is 5.75 Å². The first-order chi connectivity index (χ1) is 8.33. The van der Waals surface area contributed by atoms with Crippen LogP contribution < -0.4 is 15.0 Å². The Hall–Kier alpha value is -1.22. The Morgan fingerprint density at radius 3 is 3.12 bits per heavy atom. The minimum absolute atomic E-state index is 0.601. The molecule has 1 N–H and O–H groups in total. The summed E-state index contributed by atoms with van der Waals surface area (Å²) < 4.78 is 5.29. The van der Waals surface area contributed by atoms with Gasteiger partial charge in [-0.1, -0.05) is 13.0 Å². The molecule has 1 aromatic carbocycles. The Morgan fingerprint density at radius 2 is 2.35 bits per heavy atom. The van der Waals surface area contributed by atoms with Crippen molar-refractivity contribution in [1.29, 1.82) is 0 Å². The maximum Gasteiger partial charge on any atom is 0.120 e. The van der Waals surface area contributed by atoms with Crippen LogP contribution in [0.15, 0.2) is 24.3 Å². The van der Waals surface area contributed by atoms with Crippen molar-refractivity contribution in [2.24, 2.45) is 0 Å². The van der Waals surface area contributed by atoms with E-state index in [-0.39, 0.29) is 0 Å². The van der Waals surface area contributed by atoms with Gasteiger partial charge in [0.2, 0.25) is 0 Å². The van der Waals surface area contributed by atoms with E-state index in [4.69, 9.17) is 4.74 Å². The first-order valence-electron chi connectivity index (χ1n) is 6.46. The largest absolute Gasteiger partial charge is 0.497 e. The fraction of sp³-hybridized carbons (Fsp3) is 0.571. The summed E-state index contributed by atoms with van der Waals surface area (Å²) in [7, 11) is 1.72. The molecule has 0 aromatic heterocycles. The maximum atomic E-state index is 5.29. The molecular weight excluding hydrogens is 212 g/mol. The number of anilines is 1. The molecule has 0 radical (unpaired) electrons. The zero-order chi connectivity index (χ0) is 12.1. The summed E-state index contributed by atoms with van der Waals surface area (Å²) in [4.78, 5) is 2.46.